The third kappa shape index (κ3) is 5.37. The molecule has 1 amide bonds. The monoisotopic (exact) mass is 471 g/mol. The number of carbonyl (C=O) groups is 1. The van der Waals surface area contributed by atoms with Gasteiger partial charge in [0.05, 0.1) is 30.2 Å². The van der Waals surface area contributed by atoms with Crippen molar-refractivity contribution in [1.29, 1.82) is 0 Å². The lowest BCUT2D eigenvalue weighted by molar-refractivity contribution is -0.116. The Hall–Kier alpha value is -2.00. The molecule has 1 atom stereocenters. The van der Waals surface area contributed by atoms with E-state index in [0.717, 1.165) is 29.3 Å². The molecule has 0 saturated carbocycles. The number of morpholine rings is 1. The Bertz CT molecular complexity index is 1010. The van der Waals surface area contributed by atoms with Crippen molar-refractivity contribution >= 4 is 56.2 Å². The highest BCUT2D eigenvalue weighted by Gasteiger charge is 2.31. The van der Waals surface area contributed by atoms with Crippen molar-refractivity contribution in [1.82, 2.24) is 0 Å². The lowest BCUT2D eigenvalue weighted by Gasteiger charge is -2.30. The molecule has 0 bridgehead atoms. The van der Waals surface area contributed by atoms with Crippen LogP contribution in [0.2, 0.25) is 10.0 Å². The summed E-state index contributed by atoms with van der Waals surface area (Å²) in [6.07, 6.45) is 1.02. The van der Waals surface area contributed by atoms with Crippen molar-refractivity contribution in [2.75, 3.05) is 47.1 Å². The second-order valence-electron chi connectivity index (χ2n) is 6.97. The van der Waals surface area contributed by atoms with Crippen molar-refractivity contribution < 1.29 is 17.9 Å². The second kappa shape index (κ2) is 9.43. The minimum absolute atomic E-state index is 0.150. The van der Waals surface area contributed by atoms with E-state index < -0.39 is 22.0 Å². The number of hydrogen-bond acceptors (Lipinski definition) is 5. The van der Waals surface area contributed by atoms with Crippen LogP contribution >= 0.6 is 23.2 Å². The first-order chi connectivity index (χ1) is 14.2. The number of nitrogens with one attached hydrogen (secondary N) is 1. The first kappa shape index (κ1) is 22.7. The summed E-state index contributed by atoms with van der Waals surface area (Å²) in [6.45, 7) is 4.49. The number of benzene rings is 2. The molecule has 0 spiro atoms. The van der Waals surface area contributed by atoms with Gasteiger partial charge in [0, 0.05) is 29.5 Å². The highest BCUT2D eigenvalue weighted by Crippen LogP contribution is 2.32. The number of hydrogen-bond donors (Lipinski definition) is 1. The van der Waals surface area contributed by atoms with Gasteiger partial charge in [0.15, 0.2) is 0 Å². The Balaban J connectivity index is 1.78. The predicted molar refractivity (Wildman–Crippen MR) is 121 cm³/mol. The van der Waals surface area contributed by atoms with Crippen LogP contribution in [0.4, 0.5) is 17.1 Å². The molecule has 1 aliphatic rings. The molecule has 3 rings (SSSR count). The molecule has 1 heterocycles. The van der Waals surface area contributed by atoms with Gasteiger partial charge in [-0.05, 0) is 49.4 Å². The molecule has 0 aliphatic carbocycles. The summed E-state index contributed by atoms with van der Waals surface area (Å²) in [7, 11) is -3.80. The molecule has 0 aromatic heterocycles. The second-order valence-corrected chi connectivity index (χ2v) is 9.67. The lowest BCUT2D eigenvalue weighted by atomic mass is 10.2. The van der Waals surface area contributed by atoms with Crippen LogP contribution in [0.3, 0.4) is 0 Å². The average Bonchev–Trinajstić information content (AvgIpc) is 2.71. The molecule has 30 heavy (non-hydrogen) atoms. The average molecular weight is 472 g/mol. The number of amides is 1. The van der Waals surface area contributed by atoms with Crippen LogP contribution in [0, 0.1) is 0 Å². The Labute approximate surface area is 186 Å². The van der Waals surface area contributed by atoms with E-state index in [1.54, 1.807) is 18.2 Å². The quantitative estimate of drug-likeness (QED) is 0.695. The van der Waals surface area contributed by atoms with E-state index in [9.17, 15) is 13.2 Å². The molecular formula is C20H23Cl2N3O4S. The molecule has 0 radical (unpaired) electrons. The first-order valence-corrected chi connectivity index (χ1v) is 12.0. The van der Waals surface area contributed by atoms with Crippen LogP contribution in [0.15, 0.2) is 42.5 Å². The first-order valence-electron chi connectivity index (χ1n) is 9.35. The molecule has 1 saturated heterocycles. The summed E-state index contributed by atoms with van der Waals surface area (Å²) in [6, 6.07) is 10.8. The Morgan fingerprint density at radius 3 is 2.37 bits per heavy atom. The molecule has 2 aromatic rings. The minimum Gasteiger partial charge on any atom is -0.378 e. The van der Waals surface area contributed by atoms with Crippen LogP contribution in [0.25, 0.3) is 0 Å². The zero-order chi connectivity index (χ0) is 21.9. The van der Waals surface area contributed by atoms with E-state index >= 15 is 0 Å². The smallest absolute Gasteiger partial charge is 0.247 e. The highest BCUT2D eigenvalue weighted by atomic mass is 35.5. The van der Waals surface area contributed by atoms with Gasteiger partial charge in [-0.15, -0.1) is 0 Å². The zero-order valence-electron chi connectivity index (χ0n) is 16.6. The van der Waals surface area contributed by atoms with Crippen LogP contribution in [0.5, 0.6) is 0 Å². The predicted octanol–water partition coefficient (Wildman–Crippen LogP) is 3.62. The number of anilines is 3. The minimum atomic E-state index is -3.80. The Morgan fingerprint density at radius 1 is 1.13 bits per heavy atom. The maximum Gasteiger partial charge on any atom is 0.247 e. The molecule has 162 valence electrons. The number of sulfonamides is 1. The van der Waals surface area contributed by atoms with Crippen molar-refractivity contribution in [3.8, 4) is 0 Å². The fraction of sp³-hybridized carbons (Fsp3) is 0.350. The van der Waals surface area contributed by atoms with Gasteiger partial charge in [-0.25, -0.2) is 8.42 Å². The summed E-state index contributed by atoms with van der Waals surface area (Å²) in [4.78, 5) is 15.0. The standard InChI is InChI=1S/C20H23Cl2N3O4S/c1-14(25(30(2,27)28)19-13-15(21)3-8-18(19)22)20(26)23-16-4-6-17(7-5-16)24-9-11-29-12-10-24/h3-8,13-14H,9-12H2,1-2H3,(H,23,26)/t14-/m0/s1. The van der Waals surface area contributed by atoms with Gasteiger partial charge < -0.3 is 15.0 Å². The molecule has 10 heteroatoms. The summed E-state index contributed by atoms with van der Waals surface area (Å²) < 4.78 is 31.2. The lowest BCUT2D eigenvalue weighted by Crippen LogP contribution is -2.45. The third-order valence-electron chi connectivity index (χ3n) is 4.75. The maximum atomic E-state index is 12.8. The molecule has 7 nitrogen and oxygen atoms in total. The van der Waals surface area contributed by atoms with Gasteiger partial charge in [-0.1, -0.05) is 23.2 Å². The van der Waals surface area contributed by atoms with Gasteiger partial charge in [0.2, 0.25) is 15.9 Å². The number of rotatable bonds is 6. The van der Waals surface area contributed by atoms with Crippen LogP contribution in [-0.2, 0) is 19.6 Å². The molecule has 1 fully saturated rings. The zero-order valence-corrected chi connectivity index (χ0v) is 19.0. The van der Waals surface area contributed by atoms with Crippen LogP contribution in [0.1, 0.15) is 6.92 Å². The van der Waals surface area contributed by atoms with E-state index in [1.807, 2.05) is 12.1 Å². The van der Waals surface area contributed by atoms with Gasteiger partial charge in [0.25, 0.3) is 0 Å². The summed E-state index contributed by atoms with van der Waals surface area (Å²) >= 11 is 12.2. The molecule has 1 aliphatic heterocycles. The number of nitrogens with zero attached hydrogens (tertiary/aromatic N) is 2. The summed E-state index contributed by atoms with van der Waals surface area (Å²) in [5.74, 6) is -0.490. The normalized spacial score (nSPS) is 15.5. The SMILES string of the molecule is C[C@@H](C(=O)Nc1ccc(N2CCOCC2)cc1)N(c1cc(Cl)ccc1Cl)S(C)(=O)=O. The topological polar surface area (TPSA) is 79.0 Å². The fourth-order valence-corrected chi connectivity index (χ4v) is 4.86. The Morgan fingerprint density at radius 2 is 1.77 bits per heavy atom. The van der Waals surface area contributed by atoms with Crippen molar-refractivity contribution in [2.45, 2.75) is 13.0 Å². The van der Waals surface area contributed by atoms with E-state index in [-0.39, 0.29) is 10.7 Å². The van der Waals surface area contributed by atoms with Gasteiger partial charge in [-0.3, -0.25) is 9.10 Å². The highest BCUT2D eigenvalue weighted by molar-refractivity contribution is 7.92. The molecule has 2 aromatic carbocycles. The van der Waals surface area contributed by atoms with Crippen LogP contribution < -0.4 is 14.5 Å². The number of halogens is 2. The third-order valence-corrected chi connectivity index (χ3v) is 6.53. The summed E-state index contributed by atoms with van der Waals surface area (Å²) in [5.41, 5.74) is 1.75. The molecule has 0 unspecified atom stereocenters. The number of carbonyl (C=O) groups excluding carboxylic acids is 1. The van der Waals surface area contributed by atoms with Crippen molar-refractivity contribution in [3.63, 3.8) is 0 Å². The van der Waals surface area contributed by atoms with Crippen LogP contribution in [-0.4, -0.2) is 52.9 Å². The van der Waals surface area contributed by atoms with E-state index in [1.165, 1.54) is 19.1 Å². The maximum absolute atomic E-state index is 12.8. The van der Waals surface area contributed by atoms with E-state index in [2.05, 4.69) is 10.2 Å². The van der Waals surface area contributed by atoms with Gasteiger partial charge in [0.1, 0.15) is 6.04 Å². The van der Waals surface area contributed by atoms with Gasteiger partial charge >= 0.3 is 0 Å². The molecular weight excluding hydrogens is 449 g/mol. The number of ether oxygens (including phenoxy) is 1. The van der Waals surface area contributed by atoms with Crippen molar-refractivity contribution in [2.24, 2.45) is 0 Å². The van der Waals surface area contributed by atoms with Gasteiger partial charge in [-0.2, -0.15) is 0 Å². The van der Waals surface area contributed by atoms with E-state index in [0.29, 0.717) is 23.9 Å². The summed E-state index contributed by atoms with van der Waals surface area (Å²) in [5, 5.41) is 3.26. The fourth-order valence-electron chi connectivity index (χ4n) is 3.26. The molecule has 1 N–H and O–H groups in total. The Kier molecular flexibility index (Phi) is 7.13. The van der Waals surface area contributed by atoms with Crippen molar-refractivity contribution in [3.05, 3.63) is 52.5 Å². The van der Waals surface area contributed by atoms with E-state index in [4.69, 9.17) is 27.9 Å². The largest absolute Gasteiger partial charge is 0.378 e.